The van der Waals surface area contributed by atoms with Gasteiger partial charge in [-0.3, -0.25) is 4.79 Å². The van der Waals surface area contributed by atoms with Gasteiger partial charge in [-0.05, 0) is 49.9 Å². The third kappa shape index (κ3) is 2.91. The monoisotopic (exact) mass is 252 g/mol. The molecule has 0 unspecified atom stereocenters. The van der Waals surface area contributed by atoms with Gasteiger partial charge in [-0.1, -0.05) is 12.1 Å². The molecular formula is C15H22N2O. The van der Waals surface area contributed by atoms with Crippen LogP contribution in [0.4, 0.5) is 0 Å². The molecule has 1 heterocycles. The molecule has 0 saturated carbocycles. The normalized spacial score (nSPS) is 30.1. The van der Waals surface area contributed by atoms with Crippen molar-refractivity contribution < 1.29 is 13.0 Å². The van der Waals surface area contributed by atoms with Gasteiger partial charge in [0.15, 0.2) is 0 Å². The molecule has 98 valence electrons. The highest BCUT2D eigenvalue weighted by Gasteiger charge is 2.20. The summed E-state index contributed by atoms with van der Waals surface area (Å²) in [6.07, 6.45) is 1.98. The predicted molar refractivity (Wildman–Crippen MR) is 73.9 cm³/mol. The van der Waals surface area contributed by atoms with Crippen molar-refractivity contribution in [3.63, 3.8) is 0 Å². The number of hydrogen-bond acceptors (Lipinski definition) is 2. The summed E-state index contributed by atoms with van der Waals surface area (Å²) in [7, 11) is 0. The summed E-state index contributed by atoms with van der Waals surface area (Å²) >= 11 is 0. The van der Waals surface area contributed by atoms with E-state index in [2.05, 4.69) is 12.2 Å². The summed E-state index contributed by atoms with van der Waals surface area (Å²) in [5.41, 5.74) is 1.14. The molecule has 0 radical (unpaired) electrons. The Kier molecular flexibility index (Phi) is 2.24. The second-order valence-electron chi connectivity index (χ2n) is 4.84. The number of piperidine rings is 1. The van der Waals surface area contributed by atoms with E-state index in [1.807, 2.05) is 0 Å². The van der Waals surface area contributed by atoms with E-state index in [1.165, 1.54) is 12.1 Å². The van der Waals surface area contributed by atoms with Gasteiger partial charge in [0.25, 0.3) is 5.91 Å². The molecule has 3 nitrogen and oxygen atoms in total. The summed E-state index contributed by atoms with van der Waals surface area (Å²) in [4.78, 5) is 12.4. The van der Waals surface area contributed by atoms with Crippen molar-refractivity contribution >= 4 is 5.91 Å². The number of nitrogens with zero attached hydrogens (tertiary/aromatic N) is 1. The maximum absolute atomic E-state index is 12.4. The zero-order chi connectivity index (χ0) is 18.1. The second kappa shape index (κ2) is 5.53. The number of rotatable bonds is 2. The van der Waals surface area contributed by atoms with Crippen LogP contribution in [-0.2, 0) is 0 Å². The van der Waals surface area contributed by atoms with E-state index in [-0.39, 0.29) is 10.5 Å². The van der Waals surface area contributed by atoms with Crippen molar-refractivity contribution in [3.8, 4) is 0 Å². The molecule has 1 N–H and O–H groups in total. The van der Waals surface area contributed by atoms with E-state index in [1.54, 1.807) is 12.1 Å². The Bertz CT molecular complexity index is 567. The van der Waals surface area contributed by atoms with Crippen LogP contribution in [-0.4, -0.2) is 37.3 Å². The van der Waals surface area contributed by atoms with Gasteiger partial charge >= 0.3 is 0 Å². The van der Waals surface area contributed by atoms with Crippen molar-refractivity contribution in [1.82, 2.24) is 10.2 Å². The molecule has 1 aromatic rings. The first-order valence-corrected chi connectivity index (χ1v) is 6.18. The SMILES string of the molecule is [2H]C([2H])([2H])N(C(=O)c1ccc([C@@H]2CCN[C@@H](C)C2)cc1)C([2H])([2H])[2H]. The summed E-state index contributed by atoms with van der Waals surface area (Å²) in [5, 5.41) is 3.37. The van der Waals surface area contributed by atoms with Gasteiger partial charge in [0.05, 0.1) is 0 Å². The molecule has 1 saturated heterocycles. The lowest BCUT2D eigenvalue weighted by Gasteiger charge is -2.28. The minimum Gasteiger partial charge on any atom is -0.345 e. The standard InChI is InChI=1S/C15H22N2O/c1-11-10-14(8-9-16-11)12-4-6-13(7-5-12)15(18)17(2)3/h4-7,11,14,16H,8-10H2,1-3H3/t11-,14+/m0/s1/i2D3,3D3. The summed E-state index contributed by atoms with van der Waals surface area (Å²) < 4.78 is 43.9. The third-order valence-electron chi connectivity index (χ3n) is 3.46. The molecule has 1 fully saturated rings. The van der Waals surface area contributed by atoms with Gasteiger partial charge in [-0.15, -0.1) is 0 Å². The van der Waals surface area contributed by atoms with Crippen LogP contribution in [0.15, 0.2) is 24.3 Å². The number of amides is 1. The van der Waals surface area contributed by atoms with E-state index in [0.717, 1.165) is 24.9 Å². The van der Waals surface area contributed by atoms with Crippen LogP contribution in [0.3, 0.4) is 0 Å². The molecule has 0 aliphatic carbocycles. The molecule has 2 atom stereocenters. The topological polar surface area (TPSA) is 32.3 Å². The number of benzene rings is 1. The molecule has 3 heteroatoms. The summed E-state index contributed by atoms with van der Waals surface area (Å²) in [6, 6.07) is 7.01. The quantitative estimate of drug-likeness (QED) is 0.875. The van der Waals surface area contributed by atoms with Crippen LogP contribution < -0.4 is 5.32 Å². The van der Waals surface area contributed by atoms with Crippen molar-refractivity contribution in [3.05, 3.63) is 35.4 Å². The zero-order valence-electron chi connectivity index (χ0n) is 16.4. The van der Waals surface area contributed by atoms with Crippen LogP contribution in [0.2, 0.25) is 0 Å². The average molecular weight is 252 g/mol. The highest BCUT2D eigenvalue weighted by molar-refractivity contribution is 5.93. The number of hydrogen-bond donors (Lipinski definition) is 1. The number of nitrogens with one attached hydrogen (secondary N) is 1. The Morgan fingerprint density at radius 3 is 2.72 bits per heavy atom. The Morgan fingerprint density at radius 2 is 2.11 bits per heavy atom. The van der Waals surface area contributed by atoms with E-state index in [0.29, 0.717) is 12.0 Å². The summed E-state index contributed by atoms with van der Waals surface area (Å²) in [6.45, 7) is -3.00. The lowest BCUT2D eigenvalue weighted by molar-refractivity contribution is 0.0827. The van der Waals surface area contributed by atoms with E-state index < -0.39 is 19.9 Å². The van der Waals surface area contributed by atoms with Crippen molar-refractivity contribution in [1.29, 1.82) is 0 Å². The Morgan fingerprint density at radius 1 is 1.39 bits per heavy atom. The van der Waals surface area contributed by atoms with Crippen LogP contribution >= 0.6 is 0 Å². The zero-order valence-corrected chi connectivity index (χ0v) is 10.4. The Labute approximate surface area is 118 Å². The van der Waals surface area contributed by atoms with Crippen LogP contribution in [0, 0.1) is 0 Å². The van der Waals surface area contributed by atoms with Crippen LogP contribution in [0.25, 0.3) is 0 Å². The first-order valence-electron chi connectivity index (χ1n) is 9.18. The highest BCUT2D eigenvalue weighted by atomic mass is 16.2. The molecule has 2 rings (SSSR count). The van der Waals surface area contributed by atoms with Crippen LogP contribution in [0.1, 0.15) is 49.8 Å². The van der Waals surface area contributed by atoms with Gasteiger partial charge in [0, 0.05) is 33.8 Å². The van der Waals surface area contributed by atoms with E-state index in [4.69, 9.17) is 8.22 Å². The Hall–Kier alpha value is -1.35. The number of carbonyl (C=O) groups is 1. The lowest BCUT2D eigenvalue weighted by atomic mass is 9.86. The molecule has 1 aromatic carbocycles. The predicted octanol–water partition coefficient (Wildman–Crippen LogP) is 2.24. The Balaban J connectivity index is 2.21. The fourth-order valence-electron chi connectivity index (χ4n) is 2.46. The molecule has 1 amide bonds. The van der Waals surface area contributed by atoms with Gasteiger partial charge < -0.3 is 10.2 Å². The molecule has 0 spiro atoms. The average Bonchev–Trinajstić information content (AvgIpc) is 2.44. The first kappa shape index (κ1) is 7.29. The second-order valence-corrected chi connectivity index (χ2v) is 4.84. The molecule has 18 heavy (non-hydrogen) atoms. The van der Waals surface area contributed by atoms with Crippen molar-refractivity contribution in [2.24, 2.45) is 0 Å². The highest BCUT2D eigenvalue weighted by Crippen LogP contribution is 2.27. The summed E-state index contributed by atoms with van der Waals surface area (Å²) in [5.74, 6) is -0.632. The first-order chi connectivity index (χ1) is 11.0. The van der Waals surface area contributed by atoms with Crippen LogP contribution in [0.5, 0.6) is 0 Å². The fourth-order valence-corrected chi connectivity index (χ4v) is 2.46. The largest absolute Gasteiger partial charge is 0.345 e. The minimum absolute atomic E-state index is 0.0123. The van der Waals surface area contributed by atoms with E-state index in [9.17, 15) is 4.79 Å². The fraction of sp³-hybridized carbons (Fsp3) is 0.533. The van der Waals surface area contributed by atoms with Gasteiger partial charge in [-0.2, -0.15) is 0 Å². The van der Waals surface area contributed by atoms with Gasteiger partial charge in [0.1, 0.15) is 0 Å². The van der Waals surface area contributed by atoms with Crippen molar-refractivity contribution in [2.45, 2.75) is 31.7 Å². The smallest absolute Gasteiger partial charge is 0.253 e. The van der Waals surface area contributed by atoms with E-state index >= 15 is 0 Å². The maximum Gasteiger partial charge on any atom is 0.253 e. The molecule has 0 aromatic heterocycles. The van der Waals surface area contributed by atoms with Gasteiger partial charge in [-0.25, -0.2) is 0 Å². The molecular weight excluding hydrogens is 224 g/mol. The number of carbonyl (C=O) groups excluding carboxylic acids is 1. The minimum atomic E-state index is -3.02. The molecule has 1 aliphatic heterocycles. The van der Waals surface area contributed by atoms with Crippen molar-refractivity contribution in [2.75, 3.05) is 20.5 Å². The lowest BCUT2D eigenvalue weighted by Crippen LogP contribution is -2.34. The third-order valence-corrected chi connectivity index (χ3v) is 3.46. The molecule has 1 aliphatic rings. The molecule has 0 bridgehead atoms. The maximum atomic E-state index is 12.4. The van der Waals surface area contributed by atoms with Gasteiger partial charge in [0.2, 0.25) is 0 Å².